The summed E-state index contributed by atoms with van der Waals surface area (Å²) >= 11 is 0. The highest BCUT2D eigenvalue weighted by Gasteiger charge is 2.14. The van der Waals surface area contributed by atoms with Gasteiger partial charge in [0.1, 0.15) is 0 Å². The maximum absolute atomic E-state index is 11.4. The third-order valence-corrected chi connectivity index (χ3v) is 2.88. The van der Waals surface area contributed by atoms with E-state index in [0.717, 1.165) is 6.42 Å². The molecule has 88 valence electrons. The minimum Gasteiger partial charge on any atom is -0.342 e. The molecule has 0 bridgehead atoms. The molecule has 1 atom stereocenters. The van der Waals surface area contributed by atoms with Crippen LogP contribution in [0, 0.1) is 6.92 Å². The summed E-state index contributed by atoms with van der Waals surface area (Å²) in [5.74, 6) is -0.0142. The minimum absolute atomic E-state index is 0.0142. The van der Waals surface area contributed by atoms with Crippen LogP contribution in [0.1, 0.15) is 18.1 Å². The second kappa shape index (κ2) is 5.66. The average molecular weight is 220 g/mol. The van der Waals surface area contributed by atoms with Crippen molar-refractivity contribution in [3.8, 4) is 0 Å². The van der Waals surface area contributed by atoms with Gasteiger partial charge in [-0.3, -0.25) is 4.79 Å². The molecule has 1 rings (SSSR count). The van der Waals surface area contributed by atoms with Gasteiger partial charge in [-0.05, 0) is 25.8 Å². The molecule has 1 amide bonds. The predicted molar refractivity (Wildman–Crippen MR) is 66.2 cm³/mol. The highest BCUT2D eigenvalue weighted by molar-refractivity contribution is 5.78. The first-order valence-electron chi connectivity index (χ1n) is 5.56. The lowest BCUT2D eigenvalue weighted by molar-refractivity contribution is -0.130. The second-order valence-corrected chi connectivity index (χ2v) is 4.25. The Bertz CT molecular complexity index is 345. The van der Waals surface area contributed by atoms with E-state index in [1.165, 1.54) is 11.1 Å². The van der Waals surface area contributed by atoms with Crippen molar-refractivity contribution in [2.24, 2.45) is 5.73 Å². The summed E-state index contributed by atoms with van der Waals surface area (Å²) in [6, 6.07) is 8.57. The largest absolute Gasteiger partial charge is 0.342 e. The van der Waals surface area contributed by atoms with E-state index < -0.39 is 0 Å². The summed E-state index contributed by atoms with van der Waals surface area (Å²) in [5, 5.41) is 0. The summed E-state index contributed by atoms with van der Waals surface area (Å²) in [5.41, 5.74) is 7.83. The minimum atomic E-state index is -0.0142. The van der Waals surface area contributed by atoms with Crippen molar-refractivity contribution in [2.75, 3.05) is 13.6 Å². The zero-order valence-electron chi connectivity index (χ0n) is 10.2. The number of likely N-dealkylation sites (N-methyl/N-ethyl adjacent to an activating group) is 1. The maximum Gasteiger partial charge on any atom is 0.236 e. The summed E-state index contributed by atoms with van der Waals surface area (Å²) in [6.07, 6.45) is 0.864. The highest BCUT2D eigenvalue weighted by Crippen LogP contribution is 2.09. The fourth-order valence-corrected chi connectivity index (χ4v) is 1.59. The second-order valence-electron chi connectivity index (χ2n) is 4.25. The molecule has 0 aliphatic heterocycles. The van der Waals surface area contributed by atoms with Crippen molar-refractivity contribution in [3.63, 3.8) is 0 Å². The molecule has 0 saturated carbocycles. The van der Waals surface area contributed by atoms with Crippen LogP contribution in [0.15, 0.2) is 24.3 Å². The predicted octanol–water partition coefficient (Wildman–Crippen LogP) is 1.34. The Balaban J connectivity index is 2.60. The first-order valence-corrected chi connectivity index (χ1v) is 5.56. The third-order valence-electron chi connectivity index (χ3n) is 2.88. The van der Waals surface area contributed by atoms with Crippen molar-refractivity contribution in [2.45, 2.75) is 26.3 Å². The van der Waals surface area contributed by atoms with Gasteiger partial charge in [0.2, 0.25) is 5.91 Å². The fraction of sp³-hybridized carbons (Fsp3) is 0.462. The van der Waals surface area contributed by atoms with Crippen LogP contribution >= 0.6 is 0 Å². The van der Waals surface area contributed by atoms with Crippen LogP contribution in [0.25, 0.3) is 0 Å². The van der Waals surface area contributed by atoms with E-state index >= 15 is 0 Å². The van der Waals surface area contributed by atoms with Gasteiger partial charge < -0.3 is 10.6 Å². The van der Waals surface area contributed by atoms with Crippen LogP contribution in [0.5, 0.6) is 0 Å². The van der Waals surface area contributed by atoms with Gasteiger partial charge in [0.05, 0.1) is 6.54 Å². The molecular weight excluding hydrogens is 200 g/mol. The summed E-state index contributed by atoms with van der Waals surface area (Å²) < 4.78 is 0. The van der Waals surface area contributed by atoms with E-state index in [9.17, 15) is 4.79 Å². The van der Waals surface area contributed by atoms with E-state index in [1.54, 1.807) is 11.9 Å². The normalized spacial score (nSPS) is 12.2. The van der Waals surface area contributed by atoms with E-state index in [4.69, 9.17) is 5.73 Å². The first-order chi connectivity index (χ1) is 7.54. The Morgan fingerprint density at radius 3 is 2.44 bits per heavy atom. The number of nitrogens with two attached hydrogens (primary N) is 1. The molecule has 0 radical (unpaired) electrons. The Labute approximate surface area is 97.2 Å². The monoisotopic (exact) mass is 220 g/mol. The Hall–Kier alpha value is -1.35. The van der Waals surface area contributed by atoms with Crippen LogP contribution in [-0.4, -0.2) is 30.4 Å². The molecule has 0 heterocycles. The molecule has 0 aromatic heterocycles. The highest BCUT2D eigenvalue weighted by atomic mass is 16.2. The molecule has 0 aliphatic rings. The molecule has 16 heavy (non-hydrogen) atoms. The third kappa shape index (κ3) is 3.35. The van der Waals surface area contributed by atoms with Crippen LogP contribution in [0.3, 0.4) is 0 Å². The van der Waals surface area contributed by atoms with Crippen LogP contribution in [0.4, 0.5) is 0 Å². The molecular formula is C13H20N2O. The Morgan fingerprint density at radius 1 is 1.38 bits per heavy atom. The first kappa shape index (κ1) is 12.7. The van der Waals surface area contributed by atoms with Crippen molar-refractivity contribution in [1.29, 1.82) is 0 Å². The lowest BCUT2D eigenvalue weighted by Gasteiger charge is -2.24. The molecule has 0 aliphatic carbocycles. The van der Waals surface area contributed by atoms with Gasteiger partial charge in [0.25, 0.3) is 0 Å². The van der Waals surface area contributed by atoms with E-state index in [-0.39, 0.29) is 18.5 Å². The number of rotatable bonds is 4. The van der Waals surface area contributed by atoms with E-state index in [0.29, 0.717) is 0 Å². The number of benzene rings is 1. The lowest BCUT2D eigenvalue weighted by atomic mass is 10.0. The SMILES string of the molecule is Cc1ccc(CC(C)N(C)C(=O)CN)cc1. The summed E-state index contributed by atoms with van der Waals surface area (Å²) in [7, 11) is 1.80. The molecule has 3 heteroatoms. The van der Waals surface area contributed by atoms with Crippen LogP contribution in [-0.2, 0) is 11.2 Å². The molecule has 0 spiro atoms. The standard InChI is InChI=1S/C13H20N2O/c1-10-4-6-12(7-5-10)8-11(2)15(3)13(16)9-14/h4-7,11H,8-9,14H2,1-3H3. The number of aryl methyl sites for hydroxylation is 1. The summed E-state index contributed by atoms with van der Waals surface area (Å²) in [4.78, 5) is 13.1. The number of carbonyl (C=O) groups is 1. The summed E-state index contributed by atoms with van der Waals surface area (Å²) in [6.45, 7) is 4.18. The molecule has 1 aromatic carbocycles. The van der Waals surface area contributed by atoms with Crippen molar-refractivity contribution in [3.05, 3.63) is 35.4 Å². The fourth-order valence-electron chi connectivity index (χ4n) is 1.59. The Morgan fingerprint density at radius 2 is 1.94 bits per heavy atom. The van der Waals surface area contributed by atoms with Crippen molar-refractivity contribution in [1.82, 2.24) is 4.90 Å². The number of carbonyl (C=O) groups excluding carboxylic acids is 1. The van der Waals surface area contributed by atoms with Crippen molar-refractivity contribution >= 4 is 5.91 Å². The maximum atomic E-state index is 11.4. The zero-order chi connectivity index (χ0) is 12.1. The smallest absolute Gasteiger partial charge is 0.236 e. The molecule has 3 nitrogen and oxygen atoms in total. The van der Waals surface area contributed by atoms with Gasteiger partial charge >= 0.3 is 0 Å². The van der Waals surface area contributed by atoms with Crippen LogP contribution < -0.4 is 5.73 Å². The van der Waals surface area contributed by atoms with Gasteiger partial charge in [-0.1, -0.05) is 29.8 Å². The van der Waals surface area contributed by atoms with Gasteiger partial charge in [-0.15, -0.1) is 0 Å². The molecule has 2 N–H and O–H groups in total. The van der Waals surface area contributed by atoms with Gasteiger partial charge in [-0.25, -0.2) is 0 Å². The Kier molecular flexibility index (Phi) is 4.50. The zero-order valence-corrected chi connectivity index (χ0v) is 10.2. The number of hydrogen-bond donors (Lipinski definition) is 1. The van der Waals surface area contributed by atoms with Gasteiger partial charge in [0.15, 0.2) is 0 Å². The van der Waals surface area contributed by atoms with Crippen molar-refractivity contribution < 1.29 is 4.79 Å². The topological polar surface area (TPSA) is 46.3 Å². The molecule has 0 saturated heterocycles. The average Bonchev–Trinajstić information content (AvgIpc) is 2.30. The lowest BCUT2D eigenvalue weighted by Crippen LogP contribution is -2.40. The molecule has 1 unspecified atom stereocenters. The van der Waals surface area contributed by atoms with Gasteiger partial charge in [-0.2, -0.15) is 0 Å². The molecule has 0 fully saturated rings. The van der Waals surface area contributed by atoms with E-state index in [2.05, 4.69) is 31.2 Å². The number of amides is 1. The quantitative estimate of drug-likeness (QED) is 0.832. The van der Waals surface area contributed by atoms with Gasteiger partial charge in [0, 0.05) is 13.1 Å². The molecule has 1 aromatic rings. The number of hydrogen-bond acceptors (Lipinski definition) is 2. The van der Waals surface area contributed by atoms with E-state index in [1.807, 2.05) is 6.92 Å². The van der Waals surface area contributed by atoms with Crippen LogP contribution in [0.2, 0.25) is 0 Å². The number of nitrogens with zero attached hydrogens (tertiary/aromatic N) is 1.